The lowest BCUT2D eigenvalue weighted by atomic mass is 9.73. The molecule has 2 saturated heterocycles. The summed E-state index contributed by atoms with van der Waals surface area (Å²) in [5.41, 5.74) is 0.0946. The minimum atomic E-state index is -3.30. The number of carbonyl (C=O) groups excluding carboxylic acids is 1. The summed E-state index contributed by atoms with van der Waals surface area (Å²) < 4.78 is 41.4. The summed E-state index contributed by atoms with van der Waals surface area (Å²) in [6.07, 6.45) is 1.90. The number of amides is 1. The number of rotatable bonds is 6. The molecule has 9 nitrogen and oxygen atoms in total. The summed E-state index contributed by atoms with van der Waals surface area (Å²) in [5.74, 6) is 0.404. The molecule has 0 spiro atoms. The maximum atomic E-state index is 13.1. The van der Waals surface area contributed by atoms with Gasteiger partial charge in [0.05, 0.1) is 27.1 Å². The van der Waals surface area contributed by atoms with E-state index in [1.165, 1.54) is 24.8 Å². The maximum Gasteiger partial charge on any atom is 0.259 e. The molecule has 10 heteroatoms. The van der Waals surface area contributed by atoms with Gasteiger partial charge >= 0.3 is 0 Å². The minimum Gasteiger partial charge on any atom is -0.481 e. The number of hydrogen-bond donors (Lipinski definition) is 0. The van der Waals surface area contributed by atoms with E-state index in [1.54, 1.807) is 24.1 Å². The Kier molecular flexibility index (Phi) is 5.83. The van der Waals surface area contributed by atoms with Crippen LogP contribution in [0.15, 0.2) is 12.1 Å². The Labute approximate surface area is 165 Å². The molecular weight excluding hydrogens is 386 g/mol. The van der Waals surface area contributed by atoms with Gasteiger partial charge in [-0.25, -0.2) is 12.7 Å². The predicted molar refractivity (Wildman–Crippen MR) is 102 cm³/mol. The van der Waals surface area contributed by atoms with Crippen molar-refractivity contribution < 1.29 is 27.4 Å². The highest BCUT2D eigenvalue weighted by Crippen LogP contribution is 2.44. The Morgan fingerprint density at radius 1 is 1.25 bits per heavy atom. The largest absolute Gasteiger partial charge is 0.481 e. The molecule has 0 saturated carbocycles. The van der Waals surface area contributed by atoms with E-state index in [1.807, 2.05) is 0 Å². The van der Waals surface area contributed by atoms with E-state index in [0.717, 1.165) is 0 Å². The van der Waals surface area contributed by atoms with Crippen molar-refractivity contribution in [3.8, 4) is 11.8 Å². The normalized spacial score (nSPS) is 25.4. The van der Waals surface area contributed by atoms with Gasteiger partial charge < -0.3 is 19.1 Å². The van der Waals surface area contributed by atoms with Crippen LogP contribution in [0.2, 0.25) is 0 Å². The minimum absolute atomic E-state index is 0.0112. The van der Waals surface area contributed by atoms with Gasteiger partial charge in [-0.2, -0.15) is 4.98 Å². The van der Waals surface area contributed by atoms with Crippen LogP contribution in [-0.2, 0) is 14.8 Å². The van der Waals surface area contributed by atoms with Gasteiger partial charge in [-0.1, -0.05) is 0 Å². The Hall–Kier alpha value is -1.91. The summed E-state index contributed by atoms with van der Waals surface area (Å²) in [6, 6.07) is 3.26. The highest BCUT2D eigenvalue weighted by Gasteiger charge is 2.52. The van der Waals surface area contributed by atoms with E-state index in [2.05, 4.69) is 4.98 Å². The second kappa shape index (κ2) is 7.84. The SMILES string of the molecule is COCC12CCN(C(=O)c3ccc(OC)nc3OC)CC1CN(S(C)(=O)=O)C2. The number of carbonyl (C=O) groups is 1. The number of methoxy groups -OCH3 is 3. The quantitative estimate of drug-likeness (QED) is 0.668. The van der Waals surface area contributed by atoms with Crippen LogP contribution in [0.5, 0.6) is 11.8 Å². The topological polar surface area (TPSA) is 98.3 Å². The molecule has 3 rings (SSSR count). The molecule has 0 radical (unpaired) electrons. The molecule has 0 aliphatic carbocycles. The second-order valence-corrected chi connectivity index (χ2v) is 9.44. The third kappa shape index (κ3) is 3.81. The van der Waals surface area contributed by atoms with Gasteiger partial charge in [-0.15, -0.1) is 0 Å². The third-order valence-electron chi connectivity index (χ3n) is 5.76. The van der Waals surface area contributed by atoms with Crippen LogP contribution >= 0.6 is 0 Å². The van der Waals surface area contributed by atoms with E-state index in [9.17, 15) is 13.2 Å². The van der Waals surface area contributed by atoms with E-state index >= 15 is 0 Å². The first-order valence-electron chi connectivity index (χ1n) is 9.06. The fourth-order valence-electron chi connectivity index (χ4n) is 4.22. The Morgan fingerprint density at radius 2 is 2.00 bits per heavy atom. The van der Waals surface area contributed by atoms with Gasteiger partial charge in [-0.3, -0.25) is 4.79 Å². The number of aromatic nitrogens is 1. The lowest BCUT2D eigenvalue weighted by Crippen LogP contribution is -2.51. The summed E-state index contributed by atoms with van der Waals surface area (Å²) in [4.78, 5) is 19.0. The highest BCUT2D eigenvalue weighted by molar-refractivity contribution is 7.88. The van der Waals surface area contributed by atoms with Crippen LogP contribution in [0.3, 0.4) is 0 Å². The Balaban J connectivity index is 1.83. The van der Waals surface area contributed by atoms with Crippen LogP contribution < -0.4 is 9.47 Å². The van der Waals surface area contributed by atoms with E-state index in [-0.39, 0.29) is 23.1 Å². The Bertz CT molecular complexity index is 846. The summed E-state index contributed by atoms with van der Waals surface area (Å²) in [6.45, 7) is 2.28. The molecule has 1 amide bonds. The van der Waals surface area contributed by atoms with Gasteiger partial charge in [0.25, 0.3) is 5.91 Å². The molecular formula is C18H27N3O6S. The van der Waals surface area contributed by atoms with Crippen molar-refractivity contribution in [3.63, 3.8) is 0 Å². The zero-order valence-electron chi connectivity index (χ0n) is 16.7. The molecule has 2 atom stereocenters. The average molecular weight is 413 g/mol. The zero-order chi connectivity index (χ0) is 20.5. The van der Waals surface area contributed by atoms with Crippen LogP contribution in [-0.4, -0.2) is 88.9 Å². The van der Waals surface area contributed by atoms with E-state index in [4.69, 9.17) is 14.2 Å². The second-order valence-electron chi connectivity index (χ2n) is 7.46. The molecule has 2 aliphatic heterocycles. The van der Waals surface area contributed by atoms with Crippen LogP contribution in [0.1, 0.15) is 16.8 Å². The lowest BCUT2D eigenvalue weighted by Gasteiger charge is -2.43. The fraction of sp³-hybridized carbons (Fsp3) is 0.667. The number of fused-ring (bicyclic) bond motifs is 1. The number of nitrogens with zero attached hydrogens (tertiary/aromatic N) is 3. The molecule has 2 unspecified atom stereocenters. The molecule has 156 valence electrons. The number of likely N-dealkylation sites (tertiary alicyclic amines) is 1. The van der Waals surface area contributed by atoms with Crippen molar-refractivity contribution in [2.24, 2.45) is 11.3 Å². The molecule has 2 fully saturated rings. The Morgan fingerprint density at radius 3 is 2.61 bits per heavy atom. The van der Waals surface area contributed by atoms with Crippen molar-refractivity contribution in [2.75, 3.05) is 60.4 Å². The first-order valence-corrected chi connectivity index (χ1v) is 10.9. The monoisotopic (exact) mass is 413 g/mol. The van der Waals surface area contributed by atoms with Gasteiger partial charge in [0, 0.05) is 44.8 Å². The third-order valence-corrected chi connectivity index (χ3v) is 6.97. The molecule has 0 aromatic carbocycles. The summed E-state index contributed by atoms with van der Waals surface area (Å²) in [5, 5.41) is 0. The number of sulfonamides is 1. The van der Waals surface area contributed by atoms with E-state index < -0.39 is 10.0 Å². The van der Waals surface area contributed by atoms with Gasteiger partial charge in [0.1, 0.15) is 5.56 Å². The average Bonchev–Trinajstić information content (AvgIpc) is 3.06. The molecule has 0 N–H and O–H groups in total. The number of hydrogen-bond acceptors (Lipinski definition) is 7. The van der Waals surface area contributed by atoms with Gasteiger partial charge in [0.15, 0.2) is 0 Å². The van der Waals surface area contributed by atoms with Crippen LogP contribution in [0.25, 0.3) is 0 Å². The molecule has 3 heterocycles. The predicted octanol–water partition coefficient (Wildman–Crippen LogP) is 0.469. The van der Waals surface area contributed by atoms with Gasteiger partial charge in [-0.05, 0) is 18.4 Å². The van der Waals surface area contributed by atoms with Crippen molar-refractivity contribution in [1.82, 2.24) is 14.2 Å². The van der Waals surface area contributed by atoms with Crippen molar-refractivity contribution in [2.45, 2.75) is 6.42 Å². The van der Waals surface area contributed by atoms with Crippen molar-refractivity contribution >= 4 is 15.9 Å². The van der Waals surface area contributed by atoms with Gasteiger partial charge in [0.2, 0.25) is 21.8 Å². The smallest absolute Gasteiger partial charge is 0.259 e. The maximum absolute atomic E-state index is 13.1. The van der Waals surface area contributed by atoms with Crippen molar-refractivity contribution in [1.29, 1.82) is 0 Å². The number of pyridine rings is 1. The first kappa shape index (κ1) is 20.8. The molecule has 2 aliphatic rings. The fourth-order valence-corrected chi connectivity index (χ4v) is 5.16. The first-order chi connectivity index (χ1) is 13.2. The number of ether oxygens (including phenoxy) is 3. The molecule has 28 heavy (non-hydrogen) atoms. The summed E-state index contributed by atoms with van der Waals surface area (Å²) >= 11 is 0. The molecule has 1 aromatic rings. The van der Waals surface area contributed by atoms with Crippen LogP contribution in [0, 0.1) is 11.3 Å². The number of piperidine rings is 1. The molecule has 1 aromatic heterocycles. The lowest BCUT2D eigenvalue weighted by molar-refractivity contribution is 0.00330. The highest BCUT2D eigenvalue weighted by atomic mass is 32.2. The standard InChI is InChI=1S/C18H27N3O6S/c1-25-12-18-7-8-20(9-13(18)10-21(11-18)28(4,23)24)17(22)14-5-6-15(26-2)19-16(14)27-3/h5-6,13H,7-12H2,1-4H3. The van der Waals surface area contributed by atoms with Crippen LogP contribution in [0.4, 0.5) is 0 Å². The van der Waals surface area contributed by atoms with E-state index in [0.29, 0.717) is 50.7 Å². The summed E-state index contributed by atoms with van der Waals surface area (Å²) in [7, 11) is 1.28. The molecule has 0 bridgehead atoms. The zero-order valence-corrected chi connectivity index (χ0v) is 17.5. The van der Waals surface area contributed by atoms with Crippen molar-refractivity contribution in [3.05, 3.63) is 17.7 Å².